The number of rotatable bonds is 3. The van der Waals surface area contributed by atoms with Gasteiger partial charge in [0, 0.05) is 11.0 Å². The van der Waals surface area contributed by atoms with Crippen LogP contribution < -0.4 is 11.1 Å². The number of carbonyl (C=O) groups excluding carboxylic acids is 1. The van der Waals surface area contributed by atoms with E-state index in [1.807, 2.05) is 20.8 Å². The molecule has 0 aromatic heterocycles. The van der Waals surface area contributed by atoms with Gasteiger partial charge in [-0.25, -0.2) is 0 Å². The molecular formula is C13H25N3OS. The molecular weight excluding hydrogens is 246 g/mol. The molecule has 1 fully saturated rings. The molecule has 0 saturated carbocycles. The summed E-state index contributed by atoms with van der Waals surface area (Å²) in [6.45, 7) is 10.3. The largest absolute Gasteiger partial charge is 0.393 e. The fraction of sp³-hybridized carbons (Fsp3) is 0.846. The van der Waals surface area contributed by atoms with Crippen LogP contribution in [0.5, 0.6) is 0 Å². The minimum Gasteiger partial charge on any atom is -0.393 e. The first-order valence-corrected chi connectivity index (χ1v) is 6.86. The molecule has 18 heavy (non-hydrogen) atoms. The number of nitrogens with zero attached hydrogens (tertiary/aromatic N) is 1. The van der Waals surface area contributed by atoms with Crippen molar-refractivity contribution >= 4 is 23.1 Å². The van der Waals surface area contributed by atoms with Crippen molar-refractivity contribution in [1.82, 2.24) is 10.2 Å². The number of piperidine rings is 1. The van der Waals surface area contributed by atoms with Crippen molar-refractivity contribution in [2.75, 3.05) is 19.6 Å². The van der Waals surface area contributed by atoms with Crippen LogP contribution in [0.4, 0.5) is 0 Å². The van der Waals surface area contributed by atoms with Crippen molar-refractivity contribution in [2.45, 2.75) is 46.1 Å². The smallest absolute Gasteiger partial charge is 0.234 e. The van der Waals surface area contributed by atoms with Crippen LogP contribution in [-0.2, 0) is 4.79 Å². The molecule has 1 saturated heterocycles. The van der Waals surface area contributed by atoms with E-state index in [4.69, 9.17) is 18.0 Å². The van der Waals surface area contributed by atoms with Gasteiger partial charge in [-0.3, -0.25) is 9.69 Å². The van der Waals surface area contributed by atoms with Gasteiger partial charge in [0.2, 0.25) is 5.91 Å². The molecule has 0 atom stereocenters. The Morgan fingerprint density at radius 3 is 2.28 bits per heavy atom. The van der Waals surface area contributed by atoms with Crippen LogP contribution in [0.25, 0.3) is 0 Å². The van der Waals surface area contributed by atoms with E-state index in [-0.39, 0.29) is 16.9 Å². The van der Waals surface area contributed by atoms with Crippen molar-refractivity contribution in [3.8, 4) is 0 Å². The minimum atomic E-state index is -0.166. The highest BCUT2D eigenvalue weighted by atomic mass is 32.1. The van der Waals surface area contributed by atoms with Gasteiger partial charge in [-0.1, -0.05) is 19.1 Å². The molecule has 0 spiro atoms. The second kappa shape index (κ2) is 5.53. The molecule has 1 aliphatic heterocycles. The fourth-order valence-electron chi connectivity index (χ4n) is 2.11. The monoisotopic (exact) mass is 271 g/mol. The molecule has 1 aliphatic rings. The van der Waals surface area contributed by atoms with Gasteiger partial charge >= 0.3 is 0 Å². The summed E-state index contributed by atoms with van der Waals surface area (Å²) in [7, 11) is 0. The van der Waals surface area contributed by atoms with E-state index in [0.717, 1.165) is 25.9 Å². The molecule has 0 aliphatic carbocycles. The molecule has 3 N–H and O–H groups in total. The molecule has 0 aromatic carbocycles. The Hall–Kier alpha value is -0.680. The maximum Gasteiger partial charge on any atom is 0.234 e. The van der Waals surface area contributed by atoms with Crippen LogP contribution in [0.2, 0.25) is 0 Å². The molecule has 1 amide bonds. The summed E-state index contributed by atoms with van der Waals surface area (Å²) in [6.07, 6.45) is 1.87. The van der Waals surface area contributed by atoms with Gasteiger partial charge in [0.25, 0.3) is 0 Å². The third-order valence-corrected chi connectivity index (χ3v) is 3.93. The van der Waals surface area contributed by atoms with E-state index in [2.05, 4.69) is 17.1 Å². The highest BCUT2D eigenvalue weighted by Gasteiger charge is 2.33. The normalized spacial score (nSPS) is 20.4. The minimum absolute atomic E-state index is 0.0354. The van der Waals surface area contributed by atoms with Crippen LogP contribution in [0.1, 0.15) is 40.5 Å². The average Bonchev–Trinajstić information content (AvgIpc) is 2.18. The Morgan fingerprint density at radius 2 is 1.89 bits per heavy atom. The molecule has 1 rings (SSSR count). The van der Waals surface area contributed by atoms with Crippen LogP contribution >= 0.6 is 12.2 Å². The molecule has 0 unspecified atom stereocenters. The Kier molecular flexibility index (Phi) is 4.72. The maximum atomic E-state index is 11.8. The van der Waals surface area contributed by atoms with Gasteiger partial charge in [-0.2, -0.15) is 0 Å². The Balaban J connectivity index is 2.41. The van der Waals surface area contributed by atoms with Crippen LogP contribution in [0, 0.1) is 5.41 Å². The second-order valence-corrected chi connectivity index (χ2v) is 6.94. The van der Waals surface area contributed by atoms with Gasteiger partial charge in [0.1, 0.15) is 0 Å². The number of thiocarbonyl (C=S) groups is 1. The van der Waals surface area contributed by atoms with Crippen molar-refractivity contribution in [1.29, 1.82) is 0 Å². The molecule has 0 bridgehead atoms. The standard InChI is InChI=1S/C13H25N3OS/c1-12(2,3)15-10(17)9-16-7-5-13(4,6-8-16)11(14)18/h5-9H2,1-4H3,(H2,14,18)(H,15,17). The van der Waals surface area contributed by atoms with Crippen molar-refractivity contribution in [3.05, 3.63) is 0 Å². The van der Waals surface area contributed by atoms with E-state index in [1.165, 1.54) is 0 Å². The summed E-state index contributed by atoms with van der Waals surface area (Å²) in [5, 5.41) is 2.98. The predicted octanol–water partition coefficient (Wildman–Crippen LogP) is 1.29. The van der Waals surface area contributed by atoms with E-state index in [0.29, 0.717) is 11.5 Å². The Labute approximate surface area is 115 Å². The van der Waals surface area contributed by atoms with Crippen molar-refractivity contribution in [3.63, 3.8) is 0 Å². The van der Waals surface area contributed by atoms with Crippen molar-refractivity contribution in [2.24, 2.45) is 11.1 Å². The number of carbonyl (C=O) groups is 1. The van der Waals surface area contributed by atoms with Crippen molar-refractivity contribution < 1.29 is 4.79 Å². The zero-order chi connectivity index (χ0) is 14.0. The first kappa shape index (κ1) is 15.4. The topological polar surface area (TPSA) is 58.4 Å². The summed E-state index contributed by atoms with van der Waals surface area (Å²) in [4.78, 5) is 14.6. The van der Waals surface area contributed by atoms with Crippen LogP contribution in [0.3, 0.4) is 0 Å². The van der Waals surface area contributed by atoms with E-state index in [1.54, 1.807) is 0 Å². The number of nitrogens with two attached hydrogens (primary N) is 1. The summed E-state index contributed by atoms with van der Waals surface area (Å²) in [5.74, 6) is 0.0847. The van der Waals surface area contributed by atoms with Gasteiger partial charge in [0.15, 0.2) is 0 Å². The molecule has 5 heteroatoms. The SMILES string of the molecule is CC(C)(C)NC(=O)CN1CCC(C)(C(N)=S)CC1. The van der Waals surface area contributed by atoms with E-state index in [9.17, 15) is 4.79 Å². The first-order valence-electron chi connectivity index (χ1n) is 6.46. The zero-order valence-corrected chi connectivity index (χ0v) is 12.7. The molecule has 1 heterocycles. The Morgan fingerprint density at radius 1 is 1.39 bits per heavy atom. The second-order valence-electron chi connectivity index (χ2n) is 6.50. The van der Waals surface area contributed by atoms with Crippen LogP contribution in [0.15, 0.2) is 0 Å². The van der Waals surface area contributed by atoms with Crippen LogP contribution in [-0.4, -0.2) is 41.0 Å². The predicted molar refractivity (Wildman–Crippen MR) is 78.5 cm³/mol. The number of nitrogens with one attached hydrogen (secondary N) is 1. The zero-order valence-electron chi connectivity index (χ0n) is 11.9. The van der Waals surface area contributed by atoms with Gasteiger partial charge < -0.3 is 11.1 Å². The first-order chi connectivity index (χ1) is 8.12. The summed E-state index contributed by atoms with van der Waals surface area (Å²) in [6, 6.07) is 0. The highest BCUT2D eigenvalue weighted by molar-refractivity contribution is 7.80. The lowest BCUT2D eigenvalue weighted by Crippen LogP contribution is -2.50. The Bertz CT molecular complexity index is 328. The maximum absolute atomic E-state index is 11.8. The van der Waals surface area contributed by atoms with Gasteiger partial charge in [0.05, 0.1) is 11.5 Å². The molecule has 0 radical (unpaired) electrons. The lowest BCUT2D eigenvalue weighted by atomic mass is 9.80. The number of likely N-dealkylation sites (tertiary alicyclic amines) is 1. The summed E-state index contributed by atoms with van der Waals surface area (Å²) in [5.41, 5.74) is 5.56. The van der Waals surface area contributed by atoms with E-state index >= 15 is 0 Å². The fourth-order valence-corrected chi connectivity index (χ4v) is 2.32. The lowest BCUT2D eigenvalue weighted by Gasteiger charge is -2.38. The van der Waals surface area contributed by atoms with Gasteiger partial charge in [-0.05, 0) is 46.7 Å². The number of hydrogen-bond donors (Lipinski definition) is 2. The average molecular weight is 271 g/mol. The summed E-state index contributed by atoms with van der Waals surface area (Å²) >= 11 is 5.11. The molecule has 104 valence electrons. The molecule has 4 nitrogen and oxygen atoms in total. The third-order valence-electron chi connectivity index (χ3n) is 3.44. The summed E-state index contributed by atoms with van der Waals surface area (Å²) < 4.78 is 0. The molecule has 0 aromatic rings. The van der Waals surface area contributed by atoms with E-state index < -0.39 is 0 Å². The number of amides is 1. The lowest BCUT2D eigenvalue weighted by molar-refractivity contribution is -0.124. The number of hydrogen-bond acceptors (Lipinski definition) is 3. The van der Waals surface area contributed by atoms with Gasteiger partial charge in [-0.15, -0.1) is 0 Å². The quantitative estimate of drug-likeness (QED) is 0.760. The highest BCUT2D eigenvalue weighted by Crippen LogP contribution is 2.30. The third kappa shape index (κ3) is 4.53.